The van der Waals surface area contributed by atoms with E-state index in [2.05, 4.69) is 0 Å². The van der Waals surface area contributed by atoms with Gasteiger partial charge in [0.05, 0.1) is 6.33 Å². The number of carbonyl (C=O) groups excluding carboxylic acids is 1. The van der Waals surface area contributed by atoms with Crippen LogP contribution in [0, 0.1) is 0 Å². The van der Waals surface area contributed by atoms with Crippen LogP contribution in [0.5, 0.6) is 5.75 Å². The number of amides is 1. The molecular formula is C15H21FN2O2. The van der Waals surface area contributed by atoms with Crippen LogP contribution in [0.15, 0.2) is 36.2 Å². The summed E-state index contributed by atoms with van der Waals surface area (Å²) in [6.45, 7) is 5.46. The summed E-state index contributed by atoms with van der Waals surface area (Å²) >= 11 is 0. The highest BCUT2D eigenvalue weighted by atomic mass is 19.1. The Balaban J connectivity index is 2.67. The fourth-order valence-electron chi connectivity index (χ4n) is 1.70. The molecule has 110 valence electrons. The maximum absolute atomic E-state index is 12.3. The number of hydrogen-bond acceptors (Lipinski definition) is 3. The van der Waals surface area contributed by atoms with Gasteiger partial charge in [0.15, 0.2) is 0 Å². The minimum absolute atomic E-state index is 0.00662. The number of rotatable bonds is 7. The van der Waals surface area contributed by atoms with Crippen LogP contribution in [0.2, 0.25) is 0 Å². The van der Waals surface area contributed by atoms with E-state index in [4.69, 9.17) is 10.5 Å². The molecule has 2 N–H and O–H groups in total. The number of nitrogens with zero attached hydrogens (tertiary/aromatic N) is 1. The highest BCUT2D eigenvalue weighted by molar-refractivity contribution is 5.94. The van der Waals surface area contributed by atoms with E-state index in [0.717, 1.165) is 0 Å². The van der Waals surface area contributed by atoms with E-state index in [9.17, 15) is 9.18 Å². The maximum Gasteiger partial charge on any atom is 0.253 e. The topological polar surface area (TPSA) is 55.6 Å². The minimum Gasteiger partial charge on any atom is -0.489 e. The molecule has 0 aliphatic rings. The van der Waals surface area contributed by atoms with Gasteiger partial charge in [0.2, 0.25) is 0 Å². The summed E-state index contributed by atoms with van der Waals surface area (Å²) in [6.07, 6.45) is 0.457. The van der Waals surface area contributed by atoms with Gasteiger partial charge in [0.1, 0.15) is 12.4 Å². The quantitative estimate of drug-likeness (QED) is 0.834. The van der Waals surface area contributed by atoms with Gasteiger partial charge in [-0.3, -0.25) is 4.79 Å². The summed E-state index contributed by atoms with van der Waals surface area (Å²) in [5.74, 6) is 0.571. The zero-order valence-electron chi connectivity index (χ0n) is 11.9. The molecule has 1 aromatic rings. The van der Waals surface area contributed by atoms with Gasteiger partial charge in [0, 0.05) is 30.8 Å². The first-order valence-electron chi connectivity index (χ1n) is 6.66. The van der Waals surface area contributed by atoms with Crippen molar-refractivity contribution in [1.82, 2.24) is 4.90 Å². The molecule has 1 aromatic carbocycles. The van der Waals surface area contributed by atoms with Crippen molar-refractivity contribution in [3.05, 3.63) is 41.7 Å². The van der Waals surface area contributed by atoms with Crippen molar-refractivity contribution >= 4 is 5.91 Å². The normalized spacial score (nSPS) is 11.3. The van der Waals surface area contributed by atoms with Gasteiger partial charge in [0.25, 0.3) is 5.91 Å². The molecule has 0 saturated carbocycles. The highest BCUT2D eigenvalue weighted by Gasteiger charge is 2.12. The van der Waals surface area contributed by atoms with Crippen LogP contribution < -0.4 is 10.5 Å². The number of benzene rings is 1. The van der Waals surface area contributed by atoms with Gasteiger partial charge >= 0.3 is 0 Å². The van der Waals surface area contributed by atoms with Gasteiger partial charge < -0.3 is 15.4 Å². The highest BCUT2D eigenvalue weighted by Crippen LogP contribution is 2.14. The molecule has 0 spiro atoms. The summed E-state index contributed by atoms with van der Waals surface area (Å²) in [6, 6.07) is 6.81. The minimum atomic E-state index is -0.00662. The third-order valence-electron chi connectivity index (χ3n) is 2.99. The van der Waals surface area contributed by atoms with E-state index in [0.29, 0.717) is 36.3 Å². The van der Waals surface area contributed by atoms with Gasteiger partial charge in [-0.25, -0.2) is 4.39 Å². The standard InChI is InChI=1S/C15H21FN2O2/c1-3-18(4-2)15(19)13-5-7-14(8-6-13)20-11-12(9-16)10-17/h5-9H,3-4,10-11,17H2,1-2H3/b12-9-. The van der Waals surface area contributed by atoms with Crippen molar-refractivity contribution in [1.29, 1.82) is 0 Å². The van der Waals surface area contributed by atoms with Crippen molar-refractivity contribution in [3.8, 4) is 5.75 Å². The van der Waals surface area contributed by atoms with Crippen LogP contribution in [-0.4, -0.2) is 37.0 Å². The van der Waals surface area contributed by atoms with E-state index >= 15 is 0 Å². The lowest BCUT2D eigenvalue weighted by Gasteiger charge is -2.18. The predicted octanol–water partition coefficient (Wildman–Crippen LogP) is 2.36. The Hall–Kier alpha value is -1.88. The Bertz CT molecular complexity index is 453. The van der Waals surface area contributed by atoms with Crippen molar-refractivity contribution in [2.24, 2.45) is 5.73 Å². The maximum atomic E-state index is 12.3. The lowest BCUT2D eigenvalue weighted by molar-refractivity contribution is 0.0773. The molecule has 0 aliphatic heterocycles. The first-order valence-corrected chi connectivity index (χ1v) is 6.66. The molecule has 0 aromatic heterocycles. The number of nitrogens with two attached hydrogens (primary N) is 1. The lowest BCUT2D eigenvalue weighted by atomic mass is 10.2. The fourth-order valence-corrected chi connectivity index (χ4v) is 1.70. The van der Waals surface area contributed by atoms with Crippen LogP contribution in [0.4, 0.5) is 4.39 Å². The van der Waals surface area contributed by atoms with Gasteiger partial charge in [-0.15, -0.1) is 0 Å². The van der Waals surface area contributed by atoms with E-state index in [1.54, 1.807) is 29.2 Å². The average molecular weight is 280 g/mol. The zero-order chi connectivity index (χ0) is 15.0. The SMILES string of the molecule is CCN(CC)C(=O)c1ccc(OC/C(=C\F)CN)cc1. The van der Waals surface area contributed by atoms with Crippen molar-refractivity contribution in [3.63, 3.8) is 0 Å². The number of halogens is 1. The second-order valence-corrected chi connectivity index (χ2v) is 4.26. The van der Waals surface area contributed by atoms with Crippen LogP contribution in [-0.2, 0) is 0 Å². The van der Waals surface area contributed by atoms with E-state index in [1.165, 1.54) is 0 Å². The molecule has 1 rings (SSSR count). The molecule has 0 unspecified atom stereocenters. The molecule has 0 aliphatic carbocycles. The molecule has 0 radical (unpaired) electrons. The number of carbonyl (C=O) groups is 1. The molecule has 20 heavy (non-hydrogen) atoms. The molecule has 0 bridgehead atoms. The monoisotopic (exact) mass is 280 g/mol. The van der Waals surface area contributed by atoms with Crippen molar-refractivity contribution in [2.45, 2.75) is 13.8 Å². The summed E-state index contributed by atoms with van der Waals surface area (Å²) in [5, 5.41) is 0. The summed E-state index contributed by atoms with van der Waals surface area (Å²) in [5.41, 5.74) is 6.33. The first kappa shape index (κ1) is 16.2. The zero-order valence-corrected chi connectivity index (χ0v) is 11.9. The van der Waals surface area contributed by atoms with Gasteiger partial charge in [-0.1, -0.05) is 0 Å². The van der Waals surface area contributed by atoms with Gasteiger partial charge in [-0.05, 0) is 38.1 Å². The Morgan fingerprint density at radius 3 is 2.35 bits per heavy atom. The van der Waals surface area contributed by atoms with Crippen LogP contribution >= 0.6 is 0 Å². The molecule has 0 saturated heterocycles. The number of hydrogen-bond donors (Lipinski definition) is 1. The first-order chi connectivity index (χ1) is 9.65. The average Bonchev–Trinajstić information content (AvgIpc) is 2.50. The Morgan fingerprint density at radius 2 is 1.90 bits per heavy atom. The Kier molecular flexibility index (Phi) is 6.73. The second-order valence-electron chi connectivity index (χ2n) is 4.26. The van der Waals surface area contributed by atoms with Crippen LogP contribution in [0.1, 0.15) is 24.2 Å². The Morgan fingerprint density at radius 1 is 1.30 bits per heavy atom. The largest absolute Gasteiger partial charge is 0.489 e. The van der Waals surface area contributed by atoms with Crippen molar-refractivity contribution in [2.75, 3.05) is 26.2 Å². The molecule has 1 amide bonds. The molecule has 4 nitrogen and oxygen atoms in total. The van der Waals surface area contributed by atoms with Gasteiger partial charge in [-0.2, -0.15) is 0 Å². The lowest BCUT2D eigenvalue weighted by Crippen LogP contribution is -2.30. The van der Waals surface area contributed by atoms with Crippen LogP contribution in [0.3, 0.4) is 0 Å². The van der Waals surface area contributed by atoms with E-state index in [-0.39, 0.29) is 19.1 Å². The molecule has 0 atom stereocenters. The van der Waals surface area contributed by atoms with Crippen LogP contribution in [0.25, 0.3) is 0 Å². The molecule has 0 heterocycles. The smallest absolute Gasteiger partial charge is 0.253 e. The third-order valence-corrected chi connectivity index (χ3v) is 2.99. The summed E-state index contributed by atoms with van der Waals surface area (Å²) in [7, 11) is 0. The predicted molar refractivity (Wildman–Crippen MR) is 77.4 cm³/mol. The summed E-state index contributed by atoms with van der Waals surface area (Å²) in [4.78, 5) is 13.8. The van der Waals surface area contributed by atoms with E-state index < -0.39 is 0 Å². The van der Waals surface area contributed by atoms with Crippen molar-refractivity contribution < 1.29 is 13.9 Å². The second kappa shape index (κ2) is 8.32. The summed E-state index contributed by atoms with van der Waals surface area (Å²) < 4.78 is 17.7. The Labute approximate surface area is 119 Å². The third kappa shape index (κ3) is 4.35. The molecule has 5 heteroatoms. The van der Waals surface area contributed by atoms with E-state index in [1.807, 2.05) is 13.8 Å². The molecule has 0 fully saturated rings. The molecular weight excluding hydrogens is 259 g/mol. The fraction of sp³-hybridized carbons (Fsp3) is 0.400. The number of ether oxygens (including phenoxy) is 1.